The molecule has 0 unspecified atom stereocenters. The van der Waals surface area contributed by atoms with Crippen LogP contribution in [0.5, 0.6) is 0 Å². The third-order valence-corrected chi connectivity index (χ3v) is 2.42. The molecule has 0 aromatic carbocycles. The van der Waals surface area contributed by atoms with E-state index >= 15 is 0 Å². The van der Waals surface area contributed by atoms with Gasteiger partial charge in [-0.2, -0.15) is 0 Å². The first-order valence-electron chi connectivity index (χ1n) is 4.64. The smallest absolute Gasteiger partial charge is 0.326 e. The standard InChI is InChI=1S/C9H17NO3/c1-12-6-7-13-8(11)9(10)4-2-3-5-9/h2-7,10H2,1H3. The summed E-state index contributed by atoms with van der Waals surface area (Å²) >= 11 is 0. The van der Waals surface area contributed by atoms with Gasteiger partial charge in [0, 0.05) is 7.11 Å². The van der Waals surface area contributed by atoms with E-state index in [9.17, 15) is 4.79 Å². The van der Waals surface area contributed by atoms with Gasteiger partial charge in [-0.3, -0.25) is 4.79 Å². The summed E-state index contributed by atoms with van der Waals surface area (Å²) in [6.45, 7) is 0.732. The zero-order chi connectivity index (χ0) is 9.73. The summed E-state index contributed by atoms with van der Waals surface area (Å²) < 4.78 is 9.75. The summed E-state index contributed by atoms with van der Waals surface area (Å²) in [7, 11) is 1.57. The van der Waals surface area contributed by atoms with Crippen molar-refractivity contribution in [2.75, 3.05) is 20.3 Å². The van der Waals surface area contributed by atoms with Crippen LogP contribution < -0.4 is 5.73 Å². The van der Waals surface area contributed by atoms with Crippen LogP contribution >= 0.6 is 0 Å². The molecule has 0 aromatic heterocycles. The van der Waals surface area contributed by atoms with Crippen LogP contribution in [0.4, 0.5) is 0 Å². The van der Waals surface area contributed by atoms with Crippen LogP contribution in [0.2, 0.25) is 0 Å². The van der Waals surface area contributed by atoms with E-state index in [0.717, 1.165) is 25.7 Å². The Balaban J connectivity index is 2.29. The van der Waals surface area contributed by atoms with Crippen molar-refractivity contribution in [3.05, 3.63) is 0 Å². The molecule has 76 valence electrons. The number of ether oxygens (including phenoxy) is 2. The highest BCUT2D eigenvalue weighted by molar-refractivity contribution is 5.80. The van der Waals surface area contributed by atoms with Gasteiger partial charge in [-0.25, -0.2) is 0 Å². The molecule has 1 rings (SSSR count). The van der Waals surface area contributed by atoms with Crippen molar-refractivity contribution >= 4 is 5.97 Å². The fourth-order valence-corrected chi connectivity index (χ4v) is 1.57. The van der Waals surface area contributed by atoms with E-state index in [-0.39, 0.29) is 5.97 Å². The Morgan fingerprint density at radius 2 is 2.00 bits per heavy atom. The predicted octanol–water partition coefficient (Wildman–Crippen LogP) is 0.447. The van der Waals surface area contributed by atoms with Crippen molar-refractivity contribution in [1.82, 2.24) is 0 Å². The van der Waals surface area contributed by atoms with E-state index in [4.69, 9.17) is 15.2 Å². The molecule has 0 saturated heterocycles. The Hall–Kier alpha value is -0.610. The number of rotatable bonds is 4. The van der Waals surface area contributed by atoms with E-state index in [1.54, 1.807) is 7.11 Å². The van der Waals surface area contributed by atoms with Gasteiger partial charge in [0.05, 0.1) is 6.61 Å². The minimum absolute atomic E-state index is 0.276. The van der Waals surface area contributed by atoms with Crippen molar-refractivity contribution in [3.8, 4) is 0 Å². The predicted molar refractivity (Wildman–Crippen MR) is 48.2 cm³/mol. The average Bonchev–Trinajstić information content (AvgIpc) is 2.54. The Morgan fingerprint density at radius 1 is 1.38 bits per heavy atom. The quantitative estimate of drug-likeness (QED) is 0.512. The van der Waals surface area contributed by atoms with E-state index < -0.39 is 5.54 Å². The molecule has 0 amide bonds. The lowest BCUT2D eigenvalue weighted by atomic mass is 10.00. The highest BCUT2D eigenvalue weighted by Crippen LogP contribution is 2.28. The first-order chi connectivity index (χ1) is 6.19. The van der Waals surface area contributed by atoms with Gasteiger partial charge in [0.1, 0.15) is 12.1 Å². The molecule has 1 aliphatic carbocycles. The zero-order valence-corrected chi connectivity index (χ0v) is 8.04. The summed E-state index contributed by atoms with van der Waals surface area (Å²) in [5, 5.41) is 0. The number of methoxy groups -OCH3 is 1. The number of hydrogen-bond acceptors (Lipinski definition) is 4. The van der Waals surface area contributed by atoms with Crippen LogP contribution in [0.25, 0.3) is 0 Å². The van der Waals surface area contributed by atoms with Crippen LogP contribution in [-0.4, -0.2) is 31.8 Å². The number of nitrogens with two attached hydrogens (primary N) is 1. The highest BCUT2D eigenvalue weighted by atomic mass is 16.6. The molecule has 0 radical (unpaired) electrons. The highest BCUT2D eigenvalue weighted by Gasteiger charge is 2.38. The lowest BCUT2D eigenvalue weighted by molar-refractivity contribution is -0.151. The molecule has 1 fully saturated rings. The summed E-state index contributed by atoms with van der Waals surface area (Å²) in [6, 6.07) is 0. The van der Waals surface area contributed by atoms with Crippen molar-refractivity contribution < 1.29 is 14.3 Å². The maximum atomic E-state index is 11.4. The molecule has 0 bridgehead atoms. The van der Waals surface area contributed by atoms with Gasteiger partial charge in [0.25, 0.3) is 0 Å². The molecule has 2 N–H and O–H groups in total. The third-order valence-electron chi connectivity index (χ3n) is 2.42. The first kappa shape index (κ1) is 10.5. The Morgan fingerprint density at radius 3 is 2.54 bits per heavy atom. The molecule has 0 spiro atoms. The lowest BCUT2D eigenvalue weighted by Crippen LogP contribution is -2.46. The van der Waals surface area contributed by atoms with Gasteiger partial charge in [-0.15, -0.1) is 0 Å². The van der Waals surface area contributed by atoms with E-state index in [1.165, 1.54) is 0 Å². The number of carbonyl (C=O) groups excluding carboxylic acids is 1. The van der Waals surface area contributed by atoms with Gasteiger partial charge in [0.15, 0.2) is 0 Å². The lowest BCUT2D eigenvalue weighted by Gasteiger charge is -2.20. The Labute approximate surface area is 78.4 Å². The average molecular weight is 187 g/mol. The van der Waals surface area contributed by atoms with E-state index in [2.05, 4.69) is 0 Å². The minimum atomic E-state index is -0.715. The summed E-state index contributed by atoms with van der Waals surface area (Å²) in [4.78, 5) is 11.4. The monoisotopic (exact) mass is 187 g/mol. The van der Waals surface area contributed by atoms with Crippen LogP contribution in [0.1, 0.15) is 25.7 Å². The first-order valence-corrected chi connectivity index (χ1v) is 4.64. The second kappa shape index (κ2) is 4.58. The zero-order valence-electron chi connectivity index (χ0n) is 8.04. The summed E-state index contributed by atoms with van der Waals surface area (Å²) in [5.74, 6) is -0.276. The summed E-state index contributed by atoms with van der Waals surface area (Å²) in [6.07, 6.45) is 3.55. The largest absolute Gasteiger partial charge is 0.462 e. The minimum Gasteiger partial charge on any atom is -0.462 e. The number of carbonyl (C=O) groups is 1. The van der Waals surface area contributed by atoms with Gasteiger partial charge in [-0.05, 0) is 12.8 Å². The summed E-state index contributed by atoms with van der Waals surface area (Å²) in [5.41, 5.74) is 5.15. The van der Waals surface area contributed by atoms with Crippen molar-refractivity contribution in [2.24, 2.45) is 5.73 Å². The molecular weight excluding hydrogens is 170 g/mol. The molecular formula is C9H17NO3. The van der Waals surface area contributed by atoms with Gasteiger partial charge < -0.3 is 15.2 Å². The van der Waals surface area contributed by atoms with E-state index in [0.29, 0.717) is 13.2 Å². The molecule has 1 aliphatic rings. The normalized spacial score (nSPS) is 20.2. The fourth-order valence-electron chi connectivity index (χ4n) is 1.57. The van der Waals surface area contributed by atoms with Crippen LogP contribution in [-0.2, 0) is 14.3 Å². The van der Waals surface area contributed by atoms with Gasteiger partial charge in [0.2, 0.25) is 0 Å². The number of esters is 1. The topological polar surface area (TPSA) is 61.5 Å². The Bertz CT molecular complexity index is 176. The molecule has 4 nitrogen and oxygen atoms in total. The van der Waals surface area contributed by atoms with Gasteiger partial charge in [-0.1, -0.05) is 12.8 Å². The third kappa shape index (κ3) is 2.67. The van der Waals surface area contributed by atoms with Crippen molar-refractivity contribution in [3.63, 3.8) is 0 Å². The molecule has 0 atom stereocenters. The van der Waals surface area contributed by atoms with E-state index in [1.807, 2.05) is 0 Å². The molecule has 4 heteroatoms. The molecule has 0 aromatic rings. The molecule has 0 heterocycles. The molecule has 13 heavy (non-hydrogen) atoms. The van der Waals surface area contributed by atoms with Crippen LogP contribution in [0.3, 0.4) is 0 Å². The van der Waals surface area contributed by atoms with Crippen molar-refractivity contribution in [1.29, 1.82) is 0 Å². The number of hydrogen-bond donors (Lipinski definition) is 1. The maximum Gasteiger partial charge on any atom is 0.326 e. The van der Waals surface area contributed by atoms with Crippen LogP contribution in [0, 0.1) is 0 Å². The van der Waals surface area contributed by atoms with Crippen molar-refractivity contribution in [2.45, 2.75) is 31.2 Å². The van der Waals surface area contributed by atoms with Crippen LogP contribution in [0.15, 0.2) is 0 Å². The Kier molecular flexibility index (Phi) is 3.69. The van der Waals surface area contributed by atoms with Gasteiger partial charge >= 0.3 is 5.97 Å². The maximum absolute atomic E-state index is 11.4. The second-order valence-corrected chi connectivity index (χ2v) is 3.49. The molecule has 1 saturated carbocycles. The molecule has 0 aliphatic heterocycles. The fraction of sp³-hybridized carbons (Fsp3) is 0.889. The second-order valence-electron chi connectivity index (χ2n) is 3.49. The SMILES string of the molecule is COCCOC(=O)C1(N)CCCC1.